The van der Waals surface area contributed by atoms with Gasteiger partial charge in [0, 0.05) is 0 Å². The van der Waals surface area contributed by atoms with Gasteiger partial charge in [0.05, 0.1) is 0 Å². The van der Waals surface area contributed by atoms with Crippen LogP contribution >= 0.6 is 23.2 Å². The third-order valence-corrected chi connectivity index (χ3v) is 4.54. The molecule has 0 aliphatic rings. The topological polar surface area (TPSA) is 25.8 Å². The second-order valence-corrected chi connectivity index (χ2v) is 5.25. The van der Waals surface area contributed by atoms with Crippen LogP contribution in [0.3, 0.4) is 0 Å². The average molecular weight is 331 g/mol. The summed E-state index contributed by atoms with van der Waals surface area (Å²) >= 11 is 12.1. The van der Waals surface area contributed by atoms with Gasteiger partial charge in [-0.15, -0.1) is 0 Å². The monoisotopic (exact) mass is 330 g/mol. The van der Waals surface area contributed by atoms with Crippen molar-refractivity contribution in [2.75, 3.05) is 0 Å². The van der Waals surface area contributed by atoms with Crippen LogP contribution in [0.2, 0.25) is 10.0 Å². The van der Waals surface area contributed by atoms with Crippen LogP contribution in [0.25, 0.3) is 0 Å². The van der Waals surface area contributed by atoms with Gasteiger partial charge in [0.15, 0.2) is 0 Å². The van der Waals surface area contributed by atoms with E-state index in [-0.39, 0.29) is 18.0 Å². The van der Waals surface area contributed by atoms with Gasteiger partial charge in [0.25, 0.3) is 0 Å². The molecule has 2 aromatic heterocycles. The second kappa shape index (κ2) is 5.05. The van der Waals surface area contributed by atoms with Gasteiger partial charge in [-0.1, -0.05) is 0 Å². The van der Waals surface area contributed by atoms with E-state index in [2.05, 4.69) is 9.97 Å². The fourth-order valence-electron chi connectivity index (χ4n) is 0.901. The zero-order valence-corrected chi connectivity index (χ0v) is 10.5. The molecule has 0 atom stereocenters. The van der Waals surface area contributed by atoms with Crippen molar-refractivity contribution in [1.82, 2.24) is 9.97 Å². The van der Waals surface area contributed by atoms with E-state index in [9.17, 15) is 0 Å². The van der Waals surface area contributed by atoms with E-state index in [1.807, 2.05) is 12.1 Å². The van der Waals surface area contributed by atoms with E-state index in [1.54, 1.807) is 24.5 Å². The quantitative estimate of drug-likeness (QED) is 0.785. The van der Waals surface area contributed by atoms with Crippen LogP contribution in [0, 0.1) is 0 Å². The Balaban J connectivity index is 2.30. The number of aromatic nitrogens is 2. The fraction of sp³-hybridized carbons (Fsp3) is 0. The summed E-state index contributed by atoms with van der Waals surface area (Å²) in [6, 6.07) is 7.25. The van der Waals surface area contributed by atoms with E-state index in [4.69, 9.17) is 23.2 Å². The molecule has 0 fully saturated rings. The van der Waals surface area contributed by atoms with Crippen molar-refractivity contribution in [3.05, 3.63) is 46.7 Å². The second-order valence-electron chi connectivity index (χ2n) is 2.57. The van der Waals surface area contributed by atoms with E-state index in [0.29, 0.717) is 10.0 Å². The van der Waals surface area contributed by atoms with Gasteiger partial charge in [0.2, 0.25) is 0 Å². The van der Waals surface area contributed by atoms with Crippen molar-refractivity contribution < 1.29 is 18.0 Å². The molecule has 80 valence electrons. The van der Waals surface area contributed by atoms with Gasteiger partial charge in [-0.25, -0.2) is 0 Å². The molecular formula is C10H6Cl2N2Pd. The van der Waals surface area contributed by atoms with Crippen LogP contribution in [0.4, 0.5) is 0 Å². The van der Waals surface area contributed by atoms with Crippen molar-refractivity contribution >= 4 is 31.5 Å². The van der Waals surface area contributed by atoms with Crippen molar-refractivity contribution in [3.63, 3.8) is 0 Å². The van der Waals surface area contributed by atoms with Crippen molar-refractivity contribution in [1.29, 1.82) is 0 Å². The zero-order chi connectivity index (χ0) is 10.7. The Hall–Kier alpha value is -0.458. The minimum absolute atomic E-state index is 0.0750. The molecule has 0 aliphatic carbocycles. The number of rotatable bonds is 2. The first-order valence-corrected chi connectivity index (χ1v) is 6.38. The van der Waals surface area contributed by atoms with Crippen LogP contribution in [0.1, 0.15) is 0 Å². The summed E-state index contributed by atoms with van der Waals surface area (Å²) in [6.07, 6.45) is 3.44. The number of nitrogens with zero attached hydrogens (tertiary/aromatic N) is 2. The normalized spacial score (nSPS) is 10.5. The molecule has 0 bridgehead atoms. The Bertz CT molecular complexity index is 433. The van der Waals surface area contributed by atoms with Crippen LogP contribution < -0.4 is 8.33 Å². The summed E-state index contributed by atoms with van der Waals surface area (Å²) < 4.78 is 1.68. The predicted octanol–water partition coefficient (Wildman–Crippen LogP) is 1.82. The molecule has 5 heteroatoms. The summed E-state index contributed by atoms with van der Waals surface area (Å²) in [5, 5.41) is 1.32. The molecule has 2 rings (SSSR count). The van der Waals surface area contributed by atoms with E-state index >= 15 is 0 Å². The van der Waals surface area contributed by atoms with Crippen LogP contribution in [-0.2, 0) is 18.0 Å². The first-order chi connectivity index (χ1) is 7.27. The number of pyridine rings is 2. The first-order valence-electron chi connectivity index (χ1n) is 4.07. The molecule has 0 radical (unpaired) electrons. The zero-order valence-electron chi connectivity index (χ0n) is 7.43. The summed E-state index contributed by atoms with van der Waals surface area (Å²) in [7, 11) is 0. The summed E-state index contributed by atoms with van der Waals surface area (Å²) in [5.74, 6) is 0. The maximum atomic E-state index is 6.01. The third kappa shape index (κ3) is 2.77. The minimum atomic E-state index is 0.0750. The van der Waals surface area contributed by atoms with Gasteiger partial charge < -0.3 is 0 Å². The van der Waals surface area contributed by atoms with Gasteiger partial charge >= 0.3 is 106 Å². The van der Waals surface area contributed by atoms with Crippen LogP contribution in [-0.4, -0.2) is 9.97 Å². The molecule has 2 nitrogen and oxygen atoms in total. The molecular weight excluding hydrogens is 325 g/mol. The Morgan fingerprint density at radius 2 is 1.33 bits per heavy atom. The fourth-order valence-corrected chi connectivity index (χ4v) is 2.91. The number of hydrogen-bond donors (Lipinski definition) is 0. The Morgan fingerprint density at radius 3 is 1.73 bits per heavy atom. The van der Waals surface area contributed by atoms with Crippen LogP contribution in [0.15, 0.2) is 36.7 Å². The Kier molecular flexibility index (Phi) is 3.72. The van der Waals surface area contributed by atoms with Gasteiger partial charge in [-0.2, -0.15) is 0 Å². The van der Waals surface area contributed by atoms with E-state index in [1.165, 1.54) is 0 Å². The molecule has 0 aliphatic heterocycles. The van der Waals surface area contributed by atoms with Crippen molar-refractivity contribution in [3.8, 4) is 0 Å². The summed E-state index contributed by atoms with van der Waals surface area (Å²) in [6.45, 7) is 0. The molecule has 2 heterocycles. The molecule has 0 amide bonds. The van der Waals surface area contributed by atoms with E-state index < -0.39 is 0 Å². The number of halogens is 2. The van der Waals surface area contributed by atoms with Crippen LogP contribution in [0.5, 0.6) is 0 Å². The first kappa shape index (κ1) is 11.0. The van der Waals surface area contributed by atoms with Crippen molar-refractivity contribution in [2.45, 2.75) is 0 Å². The molecule has 0 spiro atoms. The Morgan fingerprint density at radius 1 is 0.867 bits per heavy atom. The van der Waals surface area contributed by atoms with Crippen molar-refractivity contribution in [2.24, 2.45) is 0 Å². The summed E-state index contributed by atoms with van der Waals surface area (Å²) in [4.78, 5) is 8.41. The maximum absolute atomic E-state index is 6.01. The van der Waals surface area contributed by atoms with Gasteiger partial charge in [0.1, 0.15) is 0 Å². The molecule has 0 aromatic carbocycles. The molecule has 0 saturated carbocycles. The molecule has 15 heavy (non-hydrogen) atoms. The average Bonchev–Trinajstić information content (AvgIpc) is 2.24. The summed E-state index contributed by atoms with van der Waals surface area (Å²) in [5.41, 5.74) is 0. The number of hydrogen-bond acceptors (Lipinski definition) is 2. The predicted molar refractivity (Wildman–Crippen MR) is 57.8 cm³/mol. The standard InChI is InChI=1S/2C5H3ClN.Pd/c2*6-5-2-1-3-7-4-5;/h2*1-3H;. The third-order valence-electron chi connectivity index (χ3n) is 1.53. The molecule has 0 unspecified atom stereocenters. The van der Waals surface area contributed by atoms with Gasteiger partial charge in [-0.05, 0) is 0 Å². The SMILES string of the molecule is Clc1cccn[c]1[Pd][c]1ncccc1Cl. The van der Waals surface area contributed by atoms with E-state index in [0.717, 1.165) is 8.33 Å². The van der Waals surface area contributed by atoms with Gasteiger partial charge in [-0.3, -0.25) is 0 Å². The molecule has 2 aromatic rings. The Labute approximate surface area is 106 Å². The molecule has 0 N–H and O–H groups in total. The molecule has 0 saturated heterocycles.